The molecule has 1 saturated carbocycles. The van der Waals surface area contributed by atoms with E-state index >= 15 is 0 Å². The van der Waals surface area contributed by atoms with Gasteiger partial charge < -0.3 is 15.7 Å². The molecule has 2 rings (SSSR count). The molecule has 0 bridgehead atoms. The average molecular weight is 302 g/mol. The van der Waals surface area contributed by atoms with Crippen molar-refractivity contribution in [2.24, 2.45) is 5.92 Å². The monoisotopic (exact) mass is 302 g/mol. The molecule has 0 radical (unpaired) electrons. The first-order valence-corrected chi connectivity index (χ1v) is 6.77. The van der Waals surface area contributed by atoms with E-state index in [9.17, 15) is 23.1 Å². The number of hydrogen-bond acceptors (Lipinski definition) is 2. The molecule has 3 N–H and O–H groups in total. The van der Waals surface area contributed by atoms with Crippen molar-refractivity contribution in [1.29, 1.82) is 0 Å². The highest BCUT2D eigenvalue weighted by molar-refractivity contribution is 5.90. The number of carbonyl (C=O) groups excluding carboxylic acids is 1. The number of anilines is 1. The third-order valence-electron chi connectivity index (χ3n) is 3.37. The minimum absolute atomic E-state index is 0.220. The van der Waals surface area contributed by atoms with Gasteiger partial charge in [0, 0.05) is 6.54 Å². The summed E-state index contributed by atoms with van der Waals surface area (Å²) < 4.78 is 38.2. The predicted molar refractivity (Wildman–Crippen MR) is 71.8 cm³/mol. The van der Waals surface area contributed by atoms with Crippen LogP contribution in [0.5, 0.6) is 0 Å². The maximum absolute atomic E-state index is 12.7. The lowest BCUT2D eigenvalue weighted by Crippen LogP contribution is -2.32. The zero-order valence-electron chi connectivity index (χ0n) is 11.3. The standard InChI is InChI=1S/C14H17F3N2O2/c15-14(16,17)10-3-1-2-4-11(10)19-13(21)18-8-7-12(20)9-5-6-9/h1-4,9,12,20H,5-8H2,(H2,18,19,21)/t12-/m0/s1. The highest BCUT2D eigenvalue weighted by atomic mass is 19.4. The van der Waals surface area contributed by atoms with Crippen LogP contribution < -0.4 is 10.6 Å². The van der Waals surface area contributed by atoms with Crippen LogP contribution in [0.4, 0.5) is 23.7 Å². The fourth-order valence-electron chi connectivity index (χ4n) is 2.06. The number of amides is 2. The molecule has 0 aromatic heterocycles. The summed E-state index contributed by atoms with van der Waals surface area (Å²) in [6, 6.07) is 4.07. The van der Waals surface area contributed by atoms with Gasteiger partial charge in [0.1, 0.15) is 0 Å². The highest BCUT2D eigenvalue weighted by Gasteiger charge is 2.33. The molecule has 0 spiro atoms. The van der Waals surface area contributed by atoms with Crippen LogP contribution in [0.15, 0.2) is 24.3 Å². The fraction of sp³-hybridized carbons (Fsp3) is 0.500. The average Bonchev–Trinajstić information content (AvgIpc) is 3.22. The number of aliphatic hydroxyl groups excluding tert-OH is 1. The molecule has 0 heterocycles. The molecule has 1 aromatic rings. The molecule has 4 nitrogen and oxygen atoms in total. The Morgan fingerprint density at radius 3 is 2.62 bits per heavy atom. The van der Waals surface area contributed by atoms with Crippen LogP contribution in [0.3, 0.4) is 0 Å². The second-order valence-electron chi connectivity index (χ2n) is 5.12. The van der Waals surface area contributed by atoms with Crippen molar-refractivity contribution < 1.29 is 23.1 Å². The van der Waals surface area contributed by atoms with E-state index in [0.717, 1.165) is 18.9 Å². The summed E-state index contributed by atoms with van der Waals surface area (Å²) in [5, 5.41) is 14.3. The Hall–Kier alpha value is -1.76. The summed E-state index contributed by atoms with van der Waals surface area (Å²) in [5.41, 5.74) is -1.18. The Morgan fingerprint density at radius 2 is 2.00 bits per heavy atom. The van der Waals surface area contributed by atoms with E-state index in [1.807, 2.05) is 0 Å². The number of rotatable bonds is 5. The summed E-state index contributed by atoms with van der Waals surface area (Å²) in [7, 11) is 0. The zero-order valence-corrected chi connectivity index (χ0v) is 11.3. The van der Waals surface area contributed by atoms with Gasteiger partial charge in [0.2, 0.25) is 0 Å². The number of benzene rings is 1. The van der Waals surface area contributed by atoms with Crippen LogP contribution in [0.25, 0.3) is 0 Å². The lowest BCUT2D eigenvalue weighted by molar-refractivity contribution is -0.136. The molecule has 1 aliphatic rings. The Kier molecular flexibility index (Phi) is 4.72. The molecule has 0 aliphatic heterocycles. The SMILES string of the molecule is O=C(NCC[C@H](O)C1CC1)Nc1ccccc1C(F)(F)F. The van der Waals surface area contributed by atoms with Crippen molar-refractivity contribution in [2.45, 2.75) is 31.5 Å². The van der Waals surface area contributed by atoms with E-state index in [-0.39, 0.29) is 12.2 Å². The number of alkyl halides is 3. The van der Waals surface area contributed by atoms with Gasteiger partial charge in [-0.25, -0.2) is 4.79 Å². The highest BCUT2D eigenvalue weighted by Crippen LogP contribution is 2.35. The summed E-state index contributed by atoms with van der Waals surface area (Å²) >= 11 is 0. The quantitative estimate of drug-likeness (QED) is 0.783. The van der Waals surface area contributed by atoms with Gasteiger partial charge in [-0.3, -0.25) is 0 Å². The Balaban J connectivity index is 1.84. The van der Waals surface area contributed by atoms with E-state index in [1.54, 1.807) is 0 Å². The number of aliphatic hydroxyl groups is 1. The number of urea groups is 1. The first kappa shape index (κ1) is 15.6. The van der Waals surface area contributed by atoms with Crippen molar-refractivity contribution in [3.63, 3.8) is 0 Å². The molecule has 1 aliphatic carbocycles. The normalized spacial score (nSPS) is 16.4. The lowest BCUT2D eigenvalue weighted by Gasteiger charge is -2.14. The number of para-hydroxylation sites is 1. The summed E-state index contributed by atoms with van der Waals surface area (Å²) in [4.78, 5) is 11.6. The van der Waals surface area contributed by atoms with Gasteiger partial charge in [0.25, 0.3) is 0 Å². The third kappa shape index (κ3) is 4.63. The topological polar surface area (TPSA) is 61.4 Å². The van der Waals surface area contributed by atoms with Crippen molar-refractivity contribution in [2.75, 3.05) is 11.9 Å². The van der Waals surface area contributed by atoms with Gasteiger partial charge in [-0.2, -0.15) is 13.2 Å². The molecule has 1 aromatic carbocycles. The smallest absolute Gasteiger partial charge is 0.393 e. The number of halogens is 3. The van der Waals surface area contributed by atoms with Gasteiger partial charge in [0.05, 0.1) is 17.4 Å². The van der Waals surface area contributed by atoms with E-state index in [0.29, 0.717) is 12.3 Å². The van der Waals surface area contributed by atoms with E-state index in [4.69, 9.17) is 0 Å². The maximum atomic E-state index is 12.7. The second kappa shape index (κ2) is 6.34. The molecular formula is C14H17F3N2O2. The van der Waals surface area contributed by atoms with E-state index in [2.05, 4.69) is 10.6 Å². The van der Waals surface area contributed by atoms with Crippen LogP contribution in [0.1, 0.15) is 24.8 Å². The van der Waals surface area contributed by atoms with Gasteiger partial charge >= 0.3 is 12.2 Å². The maximum Gasteiger partial charge on any atom is 0.418 e. The van der Waals surface area contributed by atoms with Gasteiger partial charge in [-0.1, -0.05) is 12.1 Å². The molecule has 0 unspecified atom stereocenters. The molecule has 7 heteroatoms. The largest absolute Gasteiger partial charge is 0.418 e. The third-order valence-corrected chi connectivity index (χ3v) is 3.37. The number of hydrogen-bond donors (Lipinski definition) is 3. The molecular weight excluding hydrogens is 285 g/mol. The van der Waals surface area contributed by atoms with Crippen LogP contribution in [-0.4, -0.2) is 23.8 Å². The molecule has 116 valence electrons. The van der Waals surface area contributed by atoms with Crippen LogP contribution in [0, 0.1) is 5.92 Å². The number of nitrogens with one attached hydrogen (secondary N) is 2. The van der Waals surface area contributed by atoms with Crippen molar-refractivity contribution in [1.82, 2.24) is 5.32 Å². The molecule has 2 amide bonds. The van der Waals surface area contributed by atoms with Crippen LogP contribution >= 0.6 is 0 Å². The minimum Gasteiger partial charge on any atom is -0.393 e. The molecule has 1 fully saturated rings. The number of carbonyl (C=O) groups is 1. The van der Waals surface area contributed by atoms with Crippen molar-refractivity contribution >= 4 is 11.7 Å². The Morgan fingerprint density at radius 1 is 1.33 bits per heavy atom. The summed E-state index contributed by atoms with van der Waals surface area (Å²) in [5.74, 6) is 0.306. The lowest BCUT2D eigenvalue weighted by atomic mass is 10.1. The summed E-state index contributed by atoms with van der Waals surface area (Å²) in [6.07, 6.45) is -2.59. The first-order valence-electron chi connectivity index (χ1n) is 6.77. The second-order valence-corrected chi connectivity index (χ2v) is 5.12. The van der Waals surface area contributed by atoms with Crippen LogP contribution in [0.2, 0.25) is 0 Å². The van der Waals surface area contributed by atoms with E-state index in [1.165, 1.54) is 18.2 Å². The molecule has 0 saturated heterocycles. The van der Waals surface area contributed by atoms with Crippen molar-refractivity contribution in [3.05, 3.63) is 29.8 Å². The predicted octanol–water partition coefficient (Wildman–Crippen LogP) is 2.99. The van der Waals surface area contributed by atoms with Crippen molar-refractivity contribution in [3.8, 4) is 0 Å². The van der Waals surface area contributed by atoms with Gasteiger partial charge in [0.15, 0.2) is 0 Å². The van der Waals surface area contributed by atoms with Gasteiger partial charge in [-0.05, 0) is 37.3 Å². The first-order chi connectivity index (χ1) is 9.88. The Labute approximate surface area is 120 Å². The zero-order chi connectivity index (χ0) is 15.5. The molecule has 1 atom stereocenters. The van der Waals surface area contributed by atoms with E-state index < -0.39 is 23.9 Å². The summed E-state index contributed by atoms with van der Waals surface area (Å²) in [6.45, 7) is 0.220. The van der Waals surface area contributed by atoms with Crippen LogP contribution in [-0.2, 0) is 6.18 Å². The molecule has 21 heavy (non-hydrogen) atoms. The fourth-order valence-corrected chi connectivity index (χ4v) is 2.06. The Bertz CT molecular complexity index is 501. The minimum atomic E-state index is -4.52. The van der Waals surface area contributed by atoms with Gasteiger partial charge in [-0.15, -0.1) is 0 Å².